The van der Waals surface area contributed by atoms with Gasteiger partial charge in [-0.3, -0.25) is 4.57 Å². The van der Waals surface area contributed by atoms with Crippen molar-refractivity contribution in [1.29, 1.82) is 0 Å². The van der Waals surface area contributed by atoms with Crippen LogP contribution in [0.15, 0.2) is 71.7 Å². The first-order valence-corrected chi connectivity index (χ1v) is 13.0. The monoisotopic (exact) mass is 475 g/mol. The van der Waals surface area contributed by atoms with Crippen LogP contribution in [0.5, 0.6) is 0 Å². The van der Waals surface area contributed by atoms with Gasteiger partial charge in [-0.05, 0) is 50.6 Å². The smallest absolute Gasteiger partial charge is 0.192 e. The van der Waals surface area contributed by atoms with Crippen LogP contribution in [-0.4, -0.2) is 32.8 Å². The zero-order chi connectivity index (χ0) is 23.2. The van der Waals surface area contributed by atoms with Gasteiger partial charge in [-0.2, -0.15) is 0 Å². The van der Waals surface area contributed by atoms with E-state index in [-0.39, 0.29) is 0 Å². The molecular formula is C26H29N5S2. The maximum absolute atomic E-state index is 4.85. The lowest BCUT2D eigenvalue weighted by atomic mass is 10.1. The maximum Gasteiger partial charge on any atom is 0.192 e. The van der Waals surface area contributed by atoms with Crippen LogP contribution in [0.4, 0.5) is 5.69 Å². The maximum atomic E-state index is 4.85. The van der Waals surface area contributed by atoms with Crippen molar-refractivity contribution in [3.8, 4) is 22.0 Å². The van der Waals surface area contributed by atoms with Gasteiger partial charge in [-0.1, -0.05) is 42.1 Å². The predicted molar refractivity (Wildman–Crippen MR) is 141 cm³/mol. The van der Waals surface area contributed by atoms with Crippen molar-refractivity contribution in [3.63, 3.8) is 0 Å². The number of thiazole rings is 1. The van der Waals surface area contributed by atoms with Crippen LogP contribution in [0.25, 0.3) is 22.0 Å². The standard InChI is InChI=1S/C26H29N5S2/c1-5-16-31-24(20-12-14-22(15-13-20)30(6-2)7-3)28-29-26(31)33-18-21-17-32-25(27-21)23-11-9-8-10-19(23)4/h5,8-15,17H,1,6-7,16,18H2,2-4H3. The largest absolute Gasteiger partial charge is 0.372 e. The molecule has 0 aliphatic carbocycles. The van der Waals surface area contributed by atoms with Gasteiger partial charge in [-0.25, -0.2) is 4.98 Å². The Morgan fingerprint density at radius 2 is 1.82 bits per heavy atom. The Labute approximate surface area is 204 Å². The Kier molecular flexibility index (Phi) is 7.62. The molecule has 4 rings (SSSR count). The summed E-state index contributed by atoms with van der Waals surface area (Å²) in [6.45, 7) is 13.0. The summed E-state index contributed by atoms with van der Waals surface area (Å²) in [7, 11) is 0. The fourth-order valence-electron chi connectivity index (χ4n) is 3.76. The van der Waals surface area contributed by atoms with E-state index in [0.717, 1.165) is 46.1 Å². The lowest BCUT2D eigenvalue weighted by Crippen LogP contribution is -2.21. The number of aromatic nitrogens is 4. The van der Waals surface area contributed by atoms with Crippen molar-refractivity contribution < 1.29 is 0 Å². The molecule has 2 aromatic heterocycles. The van der Waals surface area contributed by atoms with Gasteiger partial charge >= 0.3 is 0 Å². The molecule has 5 nitrogen and oxygen atoms in total. The van der Waals surface area contributed by atoms with E-state index in [1.165, 1.54) is 16.8 Å². The van der Waals surface area contributed by atoms with Crippen molar-refractivity contribution in [2.75, 3.05) is 18.0 Å². The summed E-state index contributed by atoms with van der Waals surface area (Å²) in [4.78, 5) is 7.19. The Bertz CT molecular complexity index is 1210. The molecule has 0 N–H and O–H groups in total. The summed E-state index contributed by atoms with van der Waals surface area (Å²) in [5, 5.41) is 13.1. The minimum atomic E-state index is 0.661. The van der Waals surface area contributed by atoms with E-state index >= 15 is 0 Å². The van der Waals surface area contributed by atoms with E-state index in [4.69, 9.17) is 4.98 Å². The number of allylic oxidation sites excluding steroid dienone is 1. The first-order chi connectivity index (χ1) is 16.1. The molecule has 0 atom stereocenters. The second-order valence-electron chi connectivity index (χ2n) is 7.67. The van der Waals surface area contributed by atoms with Crippen LogP contribution >= 0.6 is 23.1 Å². The van der Waals surface area contributed by atoms with Crippen LogP contribution in [0.2, 0.25) is 0 Å². The quantitative estimate of drug-likeness (QED) is 0.189. The van der Waals surface area contributed by atoms with Crippen LogP contribution in [0.3, 0.4) is 0 Å². The van der Waals surface area contributed by atoms with Crippen molar-refractivity contribution in [2.24, 2.45) is 0 Å². The highest BCUT2D eigenvalue weighted by atomic mass is 32.2. The van der Waals surface area contributed by atoms with E-state index in [2.05, 4.69) is 101 Å². The predicted octanol–water partition coefficient (Wildman–Crippen LogP) is 6.70. The molecule has 7 heteroatoms. The van der Waals surface area contributed by atoms with Gasteiger partial charge in [0.15, 0.2) is 11.0 Å². The molecule has 33 heavy (non-hydrogen) atoms. The number of benzene rings is 2. The third-order valence-electron chi connectivity index (χ3n) is 5.56. The van der Waals surface area contributed by atoms with Crippen LogP contribution in [-0.2, 0) is 12.3 Å². The molecule has 0 fully saturated rings. The third-order valence-corrected chi connectivity index (χ3v) is 7.48. The topological polar surface area (TPSA) is 46.8 Å². The molecular weight excluding hydrogens is 446 g/mol. The molecule has 0 unspecified atom stereocenters. The van der Waals surface area contributed by atoms with Crippen LogP contribution < -0.4 is 4.90 Å². The lowest BCUT2D eigenvalue weighted by molar-refractivity contribution is 0.731. The second kappa shape index (κ2) is 10.8. The van der Waals surface area contributed by atoms with E-state index in [1.807, 2.05) is 6.08 Å². The van der Waals surface area contributed by atoms with Crippen LogP contribution in [0, 0.1) is 6.92 Å². The number of nitrogens with zero attached hydrogens (tertiary/aromatic N) is 5. The first kappa shape index (κ1) is 23.3. The SMILES string of the molecule is C=CCn1c(SCc2csc(-c3ccccc3C)n2)nnc1-c1ccc(N(CC)CC)cc1. The Morgan fingerprint density at radius 3 is 2.52 bits per heavy atom. The van der Waals surface area contributed by atoms with Gasteiger partial charge in [0.2, 0.25) is 0 Å². The molecule has 2 aromatic carbocycles. The Hall–Kier alpha value is -2.90. The fraction of sp³-hybridized carbons (Fsp3) is 0.269. The van der Waals surface area contributed by atoms with Crippen molar-refractivity contribution in [3.05, 3.63) is 77.8 Å². The number of thioether (sulfide) groups is 1. The number of hydrogen-bond donors (Lipinski definition) is 0. The van der Waals surface area contributed by atoms with Crippen molar-refractivity contribution in [1.82, 2.24) is 19.7 Å². The van der Waals surface area contributed by atoms with Gasteiger partial charge in [0.05, 0.1) is 5.69 Å². The summed E-state index contributed by atoms with van der Waals surface area (Å²) in [5.74, 6) is 1.61. The number of aryl methyl sites for hydroxylation is 1. The van der Waals surface area contributed by atoms with Gasteiger partial charge in [0.1, 0.15) is 5.01 Å². The number of anilines is 1. The number of hydrogen-bond acceptors (Lipinski definition) is 6. The van der Waals surface area contributed by atoms with Crippen LogP contribution in [0.1, 0.15) is 25.1 Å². The normalized spacial score (nSPS) is 11.0. The molecule has 0 aliphatic rings. The van der Waals surface area contributed by atoms with Gasteiger partial charge < -0.3 is 4.90 Å². The summed E-state index contributed by atoms with van der Waals surface area (Å²) < 4.78 is 2.12. The van der Waals surface area contributed by atoms with Crippen molar-refractivity contribution >= 4 is 28.8 Å². The molecule has 0 aliphatic heterocycles. The summed E-state index contributed by atoms with van der Waals surface area (Å²) in [5.41, 5.74) is 5.78. The Balaban J connectivity index is 1.52. The van der Waals surface area contributed by atoms with E-state index in [0.29, 0.717) is 6.54 Å². The highest BCUT2D eigenvalue weighted by molar-refractivity contribution is 7.98. The zero-order valence-electron chi connectivity index (χ0n) is 19.4. The van der Waals surface area contributed by atoms with Crippen molar-refractivity contribution in [2.45, 2.75) is 38.2 Å². The molecule has 4 aromatic rings. The van der Waals surface area contributed by atoms with E-state index in [9.17, 15) is 0 Å². The van der Waals surface area contributed by atoms with Gasteiger partial charge in [0.25, 0.3) is 0 Å². The van der Waals surface area contributed by atoms with E-state index < -0.39 is 0 Å². The van der Waals surface area contributed by atoms with Gasteiger partial charge in [-0.15, -0.1) is 28.1 Å². The fourth-order valence-corrected chi connectivity index (χ4v) is 5.62. The average Bonchev–Trinajstić information content (AvgIpc) is 3.47. The summed E-state index contributed by atoms with van der Waals surface area (Å²) in [6, 6.07) is 16.9. The zero-order valence-corrected chi connectivity index (χ0v) is 21.0. The van der Waals surface area contributed by atoms with E-state index in [1.54, 1.807) is 23.1 Å². The molecule has 0 saturated heterocycles. The highest BCUT2D eigenvalue weighted by Crippen LogP contribution is 2.31. The molecule has 0 amide bonds. The molecule has 0 saturated carbocycles. The lowest BCUT2D eigenvalue weighted by Gasteiger charge is -2.21. The highest BCUT2D eigenvalue weighted by Gasteiger charge is 2.15. The molecule has 2 heterocycles. The summed E-state index contributed by atoms with van der Waals surface area (Å²) >= 11 is 3.35. The minimum absolute atomic E-state index is 0.661. The minimum Gasteiger partial charge on any atom is -0.372 e. The third kappa shape index (κ3) is 5.20. The number of rotatable bonds is 10. The first-order valence-electron chi connectivity index (χ1n) is 11.2. The molecule has 0 bridgehead atoms. The average molecular weight is 476 g/mol. The van der Waals surface area contributed by atoms with Gasteiger partial charge in [0, 0.05) is 47.6 Å². The second-order valence-corrected chi connectivity index (χ2v) is 9.47. The Morgan fingerprint density at radius 1 is 1.06 bits per heavy atom. The summed E-state index contributed by atoms with van der Waals surface area (Å²) in [6.07, 6.45) is 1.89. The molecule has 0 radical (unpaired) electrons. The molecule has 0 spiro atoms. The molecule has 170 valence electrons.